The summed E-state index contributed by atoms with van der Waals surface area (Å²) in [5.41, 5.74) is 0.736. The van der Waals surface area contributed by atoms with Crippen LogP contribution < -0.4 is 10.2 Å². The molecule has 0 atom stereocenters. The number of rotatable bonds is 4. The van der Waals surface area contributed by atoms with Crippen molar-refractivity contribution in [2.75, 3.05) is 23.3 Å². The molecule has 3 heterocycles. The molecule has 0 unspecified atom stereocenters. The molecule has 134 valence electrons. The zero-order chi connectivity index (χ0) is 18.1. The van der Waals surface area contributed by atoms with E-state index in [9.17, 15) is 13.6 Å². The van der Waals surface area contributed by atoms with Crippen LogP contribution in [0.2, 0.25) is 0 Å². The van der Waals surface area contributed by atoms with Crippen LogP contribution in [-0.2, 0) is 11.3 Å². The average Bonchev–Trinajstić information content (AvgIpc) is 3.28. The van der Waals surface area contributed by atoms with Gasteiger partial charge in [0.25, 0.3) is 0 Å². The van der Waals surface area contributed by atoms with E-state index in [1.807, 2.05) is 0 Å². The fourth-order valence-corrected chi connectivity index (χ4v) is 3.09. The van der Waals surface area contributed by atoms with E-state index in [4.69, 9.17) is 0 Å². The Morgan fingerprint density at radius 1 is 1.15 bits per heavy atom. The van der Waals surface area contributed by atoms with Crippen molar-refractivity contribution >= 4 is 28.4 Å². The van der Waals surface area contributed by atoms with Crippen molar-refractivity contribution in [1.29, 1.82) is 0 Å². The van der Waals surface area contributed by atoms with Crippen molar-refractivity contribution in [3.8, 4) is 0 Å². The van der Waals surface area contributed by atoms with Crippen LogP contribution in [0.5, 0.6) is 0 Å². The van der Waals surface area contributed by atoms with Crippen LogP contribution in [0.4, 0.5) is 20.3 Å². The van der Waals surface area contributed by atoms with Crippen molar-refractivity contribution in [1.82, 2.24) is 19.7 Å². The Bertz CT molecular complexity index is 967. The lowest BCUT2D eigenvalue weighted by molar-refractivity contribution is -0.116. The first-order chi connectivity index (χ1) is 12.6. The minimum atomic E-state index is -1.02. The summed E-state index contributed by atoms with van der Waals surface area (Å²) in [6, 6.07) is 3.19. The van der Waals surface area contributed by atoms with Crippen molar-refractivity contribution in [2.24, 2.45) is 0 Å². The molecule has 0 spiro atoms. The molecule has 0 bridgehead atoms. The van der Waals surface area contributed by atoms with Gasteiger partial charge in [0.2, 0.25) is 5.91 Å². The summed E-state index contributed by atoms with van der Waals surface area (Å²) < 4.78 is 27.7. The Labute approximate surface area is 147 Å². The number of amides is 1. The number of benzene rings is 1. The number of nitrogens with one attached hydrogen (secondary N) is 1. The number of aromatic nitrogens is 4. The van der Waals surface area contributed by atoms with Crippen LogP contribution in [0.1, 0.15) is 12.8 Å². The topological polar surface area (TPSA) is 75.9 Å². The van der Waals surface area contributed by atoms with E-state index in [1.165, 1.54) is 17.1 Å². The molecule has 1 aliphatic rings. The highest BCUT2D eigenvalue weighted by Crippen LogP contribution is 2.25. The molecule has 3 aromatic rings. The fraction of sp³-hybridized carbons (Fsp3) is 0.294. The largest absolute Gasteiger partial charge is 0.356 e. The second-order valence-corrected chi connectivity index (χ2v) is 6.11. The van der Waals surface area contributed by atoms with Gasteiger partial charge in [0.05, 0.1) is 11.6 Å². The maximum absolute atomic E-state index is 13.2. The van der Waals surface area contributed by atoms with Gasteiger partial charge in [-0.25, -0.2) is 23.4 Å². The third kappa shape index (κ3) is 3.07. The van der Waals surface area contributed by atoms with Gasteiger partial charge in [-0.3, -0.25) is 4.79 Å². The standard InChI is InChI=1S/C17H16F2N6O/c18-13-4-3-11(7-14(13)19)23-15(26)9-25-17-12(8-22-25)16(20-10-21-17)24-5-1-2-6-24/h3-4,7-8,10H,1-2,5-6,9H2,(H,23,26). The maximum atomic E-state index is 13.2. The maximum Gasteiger partial charge on any atom is 0.246 e. The van der Waals surface area contributed by atoms with Crippen LogP contribution in [0, 0.1) is 11.6 Å². The molecule has 0 aliphatic carbocycles. The van der Waals surface area contributed by atoms with Gasteiger partial charge < -0.3 is 10.2 Å². The minimum Gasteiger partial charge on any atom is -0.356 e. The van der Waals surface area contributed by atoms with Gasteiger partial charge in [0.1, 0.15) is 18.7 Å². The molecule has 9 heteroatoms. The average molecular weight is 358 g/mol. The van der Waals surface area contributed by atoms with Crippen molar-refractivity contribution in [2.45, 2.75) is 19.4 Å². The van der Waals surface area contributed by atoms with E-state index in [-0.39, 0.29) is 12.2 Å². The minimum absolute atomic E-state index is 0.0983. The highest BCUT2D eigenvalue weighted by Gasteiger charge is 2.19. The first-order valence-electron chi connectivity index (χ1n) is 8.28. The third-order valence-corrected chi connectivity index (χ3v) is 4.31. The molecule has 1 aliphatic heterocycles. The van der Waals surface area contributed by atoms with Gasteiger partial charge in [-0.1, -0.05) is 0 Å². The summed E-state index contributed by atoms with van der Waals surface area (Å²) in [5.74, 6) is -1.58. The molecule has 7 nitrogen and oxygen atoms in total. The van der Waals surface area contributed by atoms with E-state index in [0.717, 1.165) is 49.3 Å². The Morgan fingerprint density at radius 2 is 1.96 bits per heavy atom. The molecular weight excluding hydrogens is 342 g/mol. The SMILES string of the molecule is O=C(Cn1ncc2c(N3CCCC3)ncnc21)Nc1ccc(F)c(F)c1. The molecular formula is C17H16F2N6O. The normalized spacial score (nSPS) is 14.2. The monoisotopic (exact) mass is 358 g/mol. The summed E-state index contributed by atoms with van der Waals surface area (Å²) in [4.78, 5) is 23.0. The summed E-state index contributed by atoms with van der Waals surface area (Å²) in [7, 11) is 0. The summed E-state index contributed by atoms with van der Waals surface area (Å²) >= 11 is 0. The van der Waals surface area contributed by atoms with Gasteiger partial charge >= 0.3 is 0 Å². The molecule has 26 heavy (non-hydrogen) atoms. The Morgan fingerprint density at radius 3 is 2.73 bits per heavy atom. The van der Waals surface area contributed by atoms with E-state index in [1.54, 1.807) is 6.20 Å². The van der Waals surface area contributed by atoms with Gasteiger partial charge in [0, 0.05) is 24.8 Å². The lowest BCUT2D eigenvalue weighted by Gasteiger charge is -2.16. The van der Waals surface area contributed by atoms with Crippen LogP contribution in [-0.4, -0.2) is 38.7 Å². The van der Waals surface area contributed by atoms with E-state index >= 15 is 0 Å². The van der Waals surface area contributed by atoms with Gasteiger partial charge in [-0.15, -0.1) is 0 Å². The quantitative estimate of drug-likeness (QED) is 0.775. The number of carbonyl (C=O) groups excluding carboxylic acids is 1. The van der Waals surface area contributed by atoms with Gasteiger partial charge in [-0.05, 0) is 25.0 Å². The van der Waals surface area contributed by atoms with Crippen molar-refractivity contribution < 1.29 is 13.6 Å². The number of hydrogen-bond donors (Lipinski definition) is 1. The predicted molar refractivity (Wildman–Crippen MR) is 91.8 cm³/mol. The first kappa shape index (κ1) is 16.4. The molecule has 4 rings (SSSR count). The van der Waals surface area contributed by atoms with Crippen LogP contribution in [0.15, 0.2) is 30.7 Å². The first-order valence-corrected chi connectivity index (χ1v) is 8.28. The molecule has 1 saturated heterocycles. The Hall–Kier alpha value is -3.10. The van der Waals surface area contributed by atoms with Gasteiger partial charge in [-0.2, -0.15) is 5.10 Å². The van der Waals surface area contributed by atoms with Crippen LogP contribution in [0.3, 0.4) is 0 Å². The van der Waals surface area contributed by atoms with Crippen LogP contribution >= 0.6 is 0 Å². The smallest absolute Gasteiger partial charge is 0.246 e. The lowest BCUT2D eigenvalue weighted by atomic mass is 10.3. The number of halogens is 2. The number of nitrogens with zero attached hydrogens (tertiary/aromatic N) is 5. The molecule has 0 saturated carbocycles. The second kappa shape index (κ2) is 6.66. The molecule has 1 amide bonds. The van der Waals surface area contributed by atoms with Crippen LogP contribution in [0.25, 0.3) is 11.0 Å². The van der Waals surface area contributed by atoms with Gasteiger partial charge in [0.15, 0.2) is 17.3 Å². The number of anilines is 2. The molecule has 1 N–H and O–H groups in total. The van der Waals surface area contributed by atoms with Crippen molar-refractivity contribution in [3.05, 3.63) is 42.4 Å². The lowest BCUT2D eigenvalue weighted by Crippen LogP contribution is -2.21. The third-order valence-electron chi connectivity index (χ3n) is 4.31. The molecule has 1 fully saturated rings. The number of carbonyl (C=O) groups is 1. The van der Waals surface area contributed by atoms with E-state index in [2.05, 4.69) is 25.3 Å². The number of hydrogen-bond acceptors (Lipinski definition) is 5. The molecule has 0 radical (unpaired) electrons. The number of fused-ring (bicyclic) bond motifs is 1. The Kier molecular flexibility index (Phi) is 4.19. The zero-order valence-electron chi connectivity index (χ0n) is 13.8. The van der Waals surface area contributed by atoms with E-state index < -0.39 is 17.5 Å². The summed E-state index contributed by atoms with van der Waals surface area (Å²) in [6.45, 7) is 1.78. The fourth-order valence-electron chi connectivity index (χ4n) is 3.09. The Balaban J connectivity index is 1.54. The second-order valence-electron chi connectivity index (χ2n) is 6.11. The zero-order valence-corrected chi connectivity index (χ0v) is 13.8. The molecule has 1 aromatic carbocycles. The highest BCUT2D eigenvalue weighted by molar-refractivity contribution is 5.92. The highest BCUT2D eigenvalue weighted by atomic mass is 19.2. The van der Waals surface area contributed by atoms with E-state index in [0.29, 0.717) is 5.65 Å². The predicted octanol–water partition coefficient (Wildman–Crippen LogP) is 2.34. The summed E-state index contributed by atoms with van der Waals surface area (Å²) in [5, 5.41) is 7.54. The van der Waals surface area contributed by atoms with Crippen molar-refractivity contribution in [3.63, 3.8) is 0 Å². The molecule has 2 aromatic heterocycles. The summed E-state index contributed by atoms with van der Waals surface area (Å²) in [6.07, 6.45) is 5.35.